The highest BCUT2D eigenvalue weighted by Crippen LogP contribution is 2.28. The Morgan fingerprint density at radius 1 is 1.12 bits per heavy atom. The zero-order valence-corrected chi connectivity index (χ0v) is 9.86. The molecule has 1 amide bonds. The summed E-state index contributed by atoms with van der Waals surface area (Å²) in [7, 11) is 0. The number of carbonyl (C=O) groups excluding carboxylic acids is 2. The van der Waals surface area contributed by atoms with Gasteiger partial charge in [0.05, 0.1) is 6.04 Å². The molecule has 90 valence electrons. The van der Waals surface area contributed by atoms with Crippen molar-refractivity contribution in [1.29, 1.82) is 0 Å². The molecule has 1 atom stereocenters. The Labute approximate surface area is 97.2 Å². The predicted octanol–water partition coefficient (Wildman–Crippen LogP) is 2.15. The summed E-state index contributed by atoms with van der Waals surface area (Å²) in [5.74, 6) is 0.788. The molecule has 1 aliphatic heterocycles. The summed E-state index contributed by atoms with van der Waals surface area (Å²) in [6.07, 6.45) is 9.72. The highest BCUT2D eigenvalue weighted by atomic mass is 16.2. The van der Waals surface area contributed by atoms with Gasteiger partial charge in [-0.05, 0) is 31.6 Å². The summed E-state index contributed by atoms with van der Waals surface area (Å²) >= 11 is 0. The van der Waals surface area contributed by atoms with Crippen LogP contribution in [0, 0.1) is 5.92 Å². The van der Waals surface area contributed by atoms with Crippen LogP contribution in [0.2, 0.25) is 0 Å². The maximum atomic E-state index is 12.0. The summed E-state index contributed by atoms with van der Waals surface area (Å²) < 4.78 is 0. The maximum absolute atomic E-state index is 12.0. The van der Waals surface area contributed by atoms with Crippen molar-refractivity contribution in [2.75, 3.05) is 6.54 Å². The van der Waals surface area contributed by atoms with E-state index in [-0.39, 0.29) is 11.9 Å². The van der Waals surface area contributed by atoms with Crippen molar-refractivity contribution in [2.45, 2.75) is 57.4 Å². The van der Waals surface area contributed by atoms with Crippen molar-refractivity contribution in [3.8, 4) is 0 Å². The van der Waals surface area contributed by atoms with E-state index in [0.29, 0.717) is 12.3 Å². The van der Waals surface area contributed by atoms with E-state index in [4.69, 9.17) is 0 Å². The largest absolute Gasteiger partial charge is 0.333 e. The van der Waals surface area contributed by atoms with Gasteiger partial charge in [-0.1, -0.05) is 19.3 Å². The molecule has 0 aromatic heterocycles. The number of likely N-dealkylation sites (tertiary alicyclic amines) is 1. The lowest BCUT2D eigenvalue weighted by atomic mass is 9.86. The average Bonchev–Trinajstić information content (AvgIpc) is 2.78. The lowest BCUT2D eigenvalue weighted by molar-refractivity contribution is -0.135. The Balaban J connectivity index is 1.84. The topological polar surface area (TPSA) is 37.4 Å². The summed E-state index contributed by atoms with van der Waals surface area (Å²) in [4.78, 5) is 24.7. The minimum Gasteiger partial charge on any atom is -0.333 e. The molecule has 1 aliphatic carbocycles. The fourth-order valence-electron chi connectivity index (χ4n) is 3.00. The average molecular weight is 223 g/mol. The van der Waals surface area contributed by atoms with Gasteiger partial charge in [-0.25, -0.2) is 0 Å². The predicted molar refractivity (Wildman–Crippen MR) is 62.0 cm³/mol. The van der Waals surface area contributed by atoms with Crippen LogP contribution in [0.1, 0.15) is 51.4 Å². The number of hydrogen-bond donors (Lipinski definition) is 0. The minimum atomic E-state index is -0.129. The number of hydrogen-bond acceptors (Lipinski definition) is 2. The van der Waals surface area contributed by atoms with Crippen LogP contribution in [0.3, 0.4) is 0 Å². The third kappa shape index (κ3) is 2.63. The van der Waals surface area contributed by atoms with E-state index >= 15 is 0 Å². The second-order valence-electron chi connectivity index (χ2n) is 5.14. The van der Waals surface area contributed by atoms with Crippen molar-refractivity contribution in [3.63, 3.8) is 0 Å². The lowest BCUT2D eigenvalue weighted by Crippen LogP contribution is -2.37. The number of aldehydes is 1. The third-order valence-electron chi connectivity index (χ3n) is 3.96. The second kappa shape index (κ2) is 5.46. The Bertz CT molecular complexity index is 259. The van der Waals surface area contributed by atoms with Crippen LogP contribution in [0.25, 0.3) is 0 Å². The number of carbonyl (C=O) groups is 2. The normalized spacial score (nSPS) is 27.0. The molecule has 16 heavy (non-hydrogen) atoms. The van der Waals surface area contributed by atoms with Gasteiger partial charge in [-0.2, -0.15) is 0 Å². The number of nitrogens with zero attached hydrogens (tertiary/aromatic N) is 1. The van der Waals surface area contributed by atoms with Crippen molar-refractivity contribution in [2.24, 2.45) is 5.92 Å². The standard InChI is InChI=1S/C13H21NO2/c15-10-12-7-4-8-14(12)13(16)9-11-5-2-1-3-6-11/h10-12H,1-9H2. The van der Waals surface area contributed by atoms with Gasteiger partial charge in [0.2, 0.25) is 5.91 Å². The lowest BCUT2D eigenvalue weighted by Gasteiger charge is -2.25. The molecule has 0 bridgehead atoms. The monoisotopic (exact) mass is 223 g/mol. The zero-order chi connectivity index (χ0) is 11.4. The first kappa shape index (κ1) is 11.6. The van der Waals surface area contributed by atoms with E-state index in [0.717, 1.165) is 25.7 Å². The highest BCUT2D eigenvalue weighted by Gasteiger charge is 2.29. The smallest absolute Gasteiger partial charge is 0.223 e. The van der Waals surface area contributed by atoms with E-state index in [2.05, 4.69) is 0 Å². The first-order valence-electron chi connectivity index (χ1n) is 6.56. The fourth-order valence-corrected chi connectivity index (χ4v) is 3.00. The Morgan fingerprint density at radius 3 is 2.56 bits per heavy atom. The van der Waals surface area contributed by atoms with E-state index in [9.17, 15) is 9.59 Å². The van der Waals surface area contributed by atoms with Crippen LogP contribution in [0.15, 0.2) is 0 Å². The fraction of sp³-hybridized carbons (Fsp3) is 0.846. The van der Waals surface area contributed by atoms with Gasteiger partial charge in [0.15, 0.2) is 0 Å². The quantitative estimate of drug-likeness (QED) is 0.687. The number of amides is 1. The van der Waals surface area contributed by atoms with Crippen molar-refractivity contribution in [3.05, 3.63) is 0 Å². The van der Waals surface area contributed by atoms with Gasteiger partial charge in [-0.15, -0.1) is 0 Å². The van der Waals surface area contributed by atoms with Gasteiger partial charge < -0.3 is 9.69 Å². The Morgan fingerprint density at radius 2 is 1.88 bits per heavy atom. The minimum absolute atomic E-state index is 0.129. The van der Waals surface area contributed by atoms with Gasteiger partial charge in [0, 0.05) is 13.0 Å². The van der Waals surface area contributed by atoms with Crippen LogP contribution in [-0.4, -0.2) is 29.7 Å². The summed E-state index contributed by atoms with van der Waals surface area (Å²) in [5, 5.41) is 0. The molecule has 0 aromatic rings. The van der Waals surface area contributed by atoms with Crippen LogP contribution >= 0.6 is 0 Å². The van der Waals surface area contributed by atoms with Crippen LogP contribution in [-0.2, 0) is 9.59 Å². The summed E-state index contributed by atoms with van der Waals surface area (Å²) in [5.41, 5.74) is 0. The van der Waals surface area contributed by atoms with Gasteiger partial charge in [-0.3, -0.25) is 4.79 Å². The Kier molecular flexibility index (Phi) is 3.97. The molecular formula is C13H21NO2. The van der Waals surface area contributed by atoms with Crippen molar-refractivity contribution in [1.82, 2.24) is 4.90 Å². The van der Waals surface area contributed by atoms with E-state index in [1.807, 2.05) is 0 Å². The van der Waals surface area contributed by atoms with Crippen LogP contribution < -0.4 is 0 Å². The molecule has 0 radical (unpaired) electrons. The third-order valence-corrected chi connectivity index (χ3v) is 3.96. The molecule has 1 heterocycles. The molecular weight excluding hydrogens is 202 g/mol. The molecule has 0 spiro atoms. The van der Waals surface area contributed by atoms with Crippen LogP contribution in [0.5, 0.6) is 0 Å². The van der Waals surface area contributed by atoms with Crippen LogP contribution in [0.4, 0.5) is 0 Å². The van der Waals surface area contributed by atoms with E-state index < -0.39 is 0 Å². The molecule has 2 rings (SSSR count). The first-order valence-corrected chi connectivity index (χ1v) is 6.56. The molecule has 2 fully saturated rings. The zero-order valence-electron chi connectivity index (χ0n) is 9.86. The second-order valence-corrected chi connectivity index (χ2v) is 5.14. The molecule has 1 unspecified atom stereocenters. The molecule has 2 aliphatic rings. The molecule has 3 nitrogen and oxygen atoms in total. The highest BCUT2D eigenvalue weighted by molar-refractivity contribution is 5.80. The molecule has 0 N–H and O–H groups in total. The van der Waals surface area contributed by atoms with Gasteiger partial charge in [0.1, 0.15) is 6.29 Å². The maximum Gasteiger partial charge on any atom is 0.223 e. The van der Waals surface area contributed by atoms with Gasteiger partial charge >= 0.3 is 0 Å². The van der Waals surface area contributed by atoms with Gasteiger partial charge in [0.25, 0.3) is 0 Å². The van der Waals surface area contributed by atoms with Crippen molar-refractivity contribution >= 4 is 12.2 Å². The summed E-state index contributed by atoms with van der Waals surface area (Å²) in [6.45, 7) is 0.787. The summed E-state index contributed by atoms with van der Waals surface area (Å²) in [6, 6.07) is -0.129. The van der Waals surface area contributed by atoms with E-state index in [1.54, 1.807) is 4.90 Å². The molecule has 1 saturated heterocycles. The SMILES string of the molecule is O=CC1CCCN1C(=O)CC1CCCCC1. The Hall–Kier alpha value is -0.860. The van der Waals surface area contributed by atoms with Crippen molar-refractivity contribution < 1.29 is 9.59 Å². The first-order chi connectivity index (χ1) is 7.81. The molecule has 1 saturated carbocycles. The molecule has 0 aromatic carbocycles. The van der Waals surface area contributed by atoms with E-state index in [1.165, 1.54) is 32.1 Å². The number of rotatable bonds is 3. The molecule has 3 heteroatoms.